The summed E-state index contributed by atoms with van der Waals surface area (Å²) in [4.78, 5) is 24.0. The summed E-state index contributed by atoms with van der Waals surface area (Å²) in [5.74, 6) is -0.449. The lowest BCUT2D eigenvalue weighted by Crippen LogP contribution is -2.06. The normalized spacial score (nSPS) is 11.9. The molecular weight excluding hydrogens is 392 g/mol. The van der Waals surface area contributed by atoms with Gasteiger partial charge >= 0.3 is 11.9 Å². The van der Waals surface area contributed by atoms with Crippen molar-refractivity contribution in [3.63, 3.8) is 0 Å². The standard InChI is InChI=1S/C26H24O5/c1-3-5-7-9-25(28)30-23-17-21(12-11-20-13-15-22(27)16-14-20)18-24(19-23)31-26(29)10-8-6-4-2/h3-19,27H,1-2H3/b5-3+,6-4+,9-7+,10-8+,12-11?. The summed E-state index contributed by atoms with van der Waals surface area (Å²) in [6.45, 7) is 3.68. The van der Waals surface area contributed by atoms with Crippen molar-refractivity contribution in [3.05, 3.63) is 102 Å². The molecule has 2 aromatic carbocycles. The topological polar surface area (TPSA) is 72.8 Å². The molecule has 2 rings (SSSR count). The van der Waals surface area contributed by atoms with Crippen molar-refractivity contribution in [2.75, 3.05) is 0 Å². The molecule has 5 nitrogen and oxygen atoms in total. The lowest BCUT2D eigenvalue weighted by atomic mass is 10.1. The third-order valence-corrected chi connectivity index (χ3v) is 3.77. The van der Waals surface area contributed by atoms with Crippen LogP contribution >= 0.6 is 0 Å². The molecule has 0 aliphatic rings. The van der Waals surface area contributed by atoms with Crippen molar-refractivity contribution < 1.29 is 24.2 Å². The Labute approximate surface area is 181 Å². The number of carbonyl (C=O) groups excluding carboxylic acids is 2. The van der Waals surface area contributed by atoms with Crippen LogP contribution in [0.2, 0.25) is 0 Å². The lowest BCUT2D eigenvalue weighted by molar-refractivity contribution is -0.129. The van der Waals surface area contributed by atoms with E-state index in [-0.39, 0.29) is 17.2 Å². The average molecular weight is 416 g/mol. The van der Waals surface area contributed by atoms with Crippen molar-refractivity contribution in [1.29, 1.82) is 0 Å². The van der Waals surface area contributed by atoms with Crippen LogP contribution in [0.15, 0.2) is 91.1 Å². The molecule has 2 aromatic rings. The number of hydrogen-bond donors (Lipinski definition) is 1. The monoisotopic (exact) mass is 416 g/mol. The molecule has 5 heteroatoms. The molecule has 0 aromatic heterocycles. The van der Waals surface area contributed by atoms with E-state index in [0.717, 1.165) is 5.56 Å². The Morgan fingerprint density at radius 3 is 1.68 bits per heavy atom. The van der Waals surface area contributed by atoms with Crippen molar-refractivity contribution in [2.45, 2.75) is 13.8 Å². The van der Waals surface area contributed by atoms with Gasteiger partial charge in [-0.25, -0.2) is 9.59 Å². The minimum atomic E-state index is -0.553. The summed E-state index contributed by atoms with van der Waals surface area (Å²) in [5.41, 5.74) is 1.53. The number of phenols is 1. The zero-order chi connectivity index (χ0) is 22.5. The minimum absolute atomic E-state index is 0.178. The van der Waals surface area contributed by atoms with Crippen molar-refractivity contribution >= 4 is 24.1 Å². The number of ether oxygens (including phenoxy) is 2. The molecule has 0 atom stereocenters. The SMILES string of the molecule is C/C=C/C=C/C(=O)Oc1cc(C=Cc2ccc(O)cc2)cc(OC(=O)/C=C/C=C/C)c1. The molecule has 0 radical (unpaired) electrons. The van der Waals surface area contributed by atoms with Crippen LogP contribution in [0.5, 0.6) is 17.2 Å². The molecule has 0 aliphatic heterocycles. The average Bonchev–Trinajstić information content (AvgIpc) is 2.73. The van der Waals surface area contributed by atoms with Crippen LogP contribution in [0.4, 0.5) is 0 Å². The Kier molecular flexibility index (Phi) is 9.30. The Morgan fingerprint density at radius 1 is 0.710 bits per heavy atom. The number of benzene rings is 2. The maximum atomic E-state index is 12.0. The third kappa shape index (κ3) is 8.83. The molecule has 158 valence electrons. The summed E-state index contributed by atoms with van der Waals surface area (Å²) in [5, 5.41) is 9.40. The molecule has 0 fully saturated rings. The highest BCUT2D eigenvalue weighted by Crippen LogP contribution is 2.25. The first kappa shape index (κ1) is 23.2. The Hall–Kier alpha value is -4.12. The Morgan fingerprint density at radius 2 is 1.19 bits per heavy atom. The summed E-state index contributed by atoms with van der Waals surface area (Å²) in [7, 11) is 0. The van der Waals surface area contributed by atoms with Gasteiger partial charge in [-0.2, -0.15) is 0 Å². The van der Waals surface area contributed by atoms with Crippen LogP contribution in [-0.2, 0) is 9.59 Å². The molecule has 0 unspecified atom stereocenters. The number of rotatable bonds is 8. The first-order chi connectivity index (χ1) is 15.0. The molecule has 31 heavy (non-hydrogen) atoms. The molecule has 0 saturated carbocycles. The highest BCUT2D eigenvalue weighted by Gasteiger charge is 2.08. The maximum absolute atomic E-state index is 12.0. The fourth-order valence-electron chi connectivity index (χ4n) is 2.38. The zero-order valence-electron chi connectivity index (χ0n) is 17.4. The molecule has 1 N–H and O–H groups in total. The van der Waals surface area contributed by atoms with Crippen molar-refractivity contribution in [2.24, 2.45) is 0 Å². The van der Waals surface area contributed by atoms with Gasteiger partial charge in [-0.15, -0.1) is 0 Å². The number of allylic oxidation sites excluding steroid dienone is 6. The first-order valence-corrected chi connectivity index (χ1v) is 9.64. The van der Waals surface area contributed by atoms with Crippen LogP contribution < -0.4 is 9.47 Å². The van der Waals surface area contributed by atoms with Gasteiger partial charge in [0.15, 0.2) is 0 Å². The quantitative estimate of drug-likeness (QED) is 0.198. The van der Waals surface area contributed by atoms with E-state index in [2.05, 4.69) is 0 Å². The summed E-state index contributed by atoms with van der Waals surface area (Å²) < 4.78 is 10.7. The lowest BCUT2D eigenvalue weighted by Gasteiger charge is -2.07. The predicted molar refractivity (Wildman–Crippen MR) is 123 cm³/mol. The zero-order valence-corrected chi connectivity index (χ0v) is 17.4. The van der Waals surface area contributed by atoms with Crippen LogP contribution in [0, 0.1) is 0 Å². The van der Waals surface area contributed by atoms with Crippen molar-refractivity contribution in [3.8, 4) is 17.2 Å². The molecule has 0 bridgehead atoms. The van der Waals surface area contributed by atoms with E-state index >= 15 is 0 Å². The molecule has 0 spiro atoms. The molecule has 0 saturated heterocycles. The largest absolute Gasteiger partial charge is 0.508 e. The van der Waals surface area contributed by atoms with E-state index in [9.17, 15) is 14.7 Å². The van der Waals surface area contributed by atoms with Gasteiger partial charge in [0, 0.05) is 18.2 Å². The van der Waals surface area contributed by atoms with Gasteiger partial charge < -0.3 is 14.6 Å². The van der Waals surface area contributed by atoms with Crippen molar-refractivity contribution in [1.82, 2.24) is 0 Å². The predicted octanol–water partition coefficient (Wildman–Crippen LogP) is 5.64. The van der Waals surface area contributed by atoms with Crippen LogP contribution in [-0.4, -0.2) is 17.0 Å². The van der Waals surface area contributed by atoms with Crippen LogP contribution in [0.3, 0.4) is 0 Å². The Bertz CT molecular complexity index is 984. The van der Waals surface area contributed by atoms with Gasteiger partial charge in [0.1, 0.15) is 17.2 Å². The number of phenolic OH excluding ortho intramolecular Hbond substituents is 1. The number of aromatic hydroxyl groups is 1. The van der Waals surface area contributed by atoms with E-state index in [1.54, 1.807) is 78.9 Å². The minimum Gasteiger partial charge on any atom is -0.508 e. The molecule has 0 heterocycles. The molecule has 0 aliphatic carbocycles. The number of carbonyl (C=O) groups is 2. The number of hydrogen-bond acceptors (Lipinski definition) is 5. The van der Waals surface area contributed by atoms with Gasteiger partial charge in [-0.1, -0.05) is 60.7 Å². The summed E-state index contributed by atoms with van der Waals surface area (Å²) in [6.07, 6.45) is 16.3. The maximum Gasteiger partial charge on any atom is 0.336 e. The van der Waals surface area contributed by atoms with Gasteiger partial charge in [0.2, 0.25) is 0 Å². The first-order valence-electron chi connectivity index (χ1n) is 9.64. The highest BCUT2D eigenvalue weighted by molar-refractivity contribution is 5.86. The highest BCUT2D eigenvalue weighted by atomic mass is 16.5. The van der Waals surface area contributed by atoms with E-state index in [4.69, 9.17) is 9.47 Å². The van der Waals surface area contributed by atoms with E-state index in [1.807, 2.05) is 19.9 Å². The van der Waals surface area contributed by atoms with Gasteiger partial charge in [0.25, 0.3) is 0 Å². The van der Waals surface area contributed by atoms with Gasteiger partial charge in [0.05, 0.1) is 0 Å². The smallest absolute Gasteiger partial charge is 0.336 e. The second-order valence-corrected chi connectivity index (χ2v) is 6.27. The van der Waals surface area contributed by atoms with Gasteiger partial charge in [-0.3, -0.25) is 0 Å². The van der Waals surface area contributed by atoms with Gasteiger partial charge in [-0.05, 0) is 49.2 Å². The molecule has 0 amide bonds. The molecular formula is C26H24O5. The number of esters is 2. The fourth-order valence-corrected chi connectivity index (χ4v) is 2.38. The Balaban J connectivity index is 2.28. The third-order valence-electron chi connectivity index (χ3n) is 3.77. The van der Waals surface area contributed by atoms with Crippen LogP contribution in [0.1, 0.15) is 25.0 Å². The fraction of sp³-hybridized carbons (Fsp3) is 0.0769. The van der Waals surface area contributed by atoms with E-state index < -0.39 is 11.9 Å². The van der Waals surface area contributed by atoms with E-state index in [1.165, 1.54) is 18.2 Å². The van der Waals surface area contributed by atoms with E-state index in [0.29, 0.717) is 5.56 Å². The van der Waals surface area contributed by atoms with Crippen LogP contribution in [0.25, 0.3) is 12.2 Å². The second-order valence-electron chi connectivity index (χ2n) is 6.27. The second kappa shape index (κ2) is 12.4. The summed E-state index contributed by atoms with van der Waals surface area (Å²) in [6, 6.07) is 11.5. The summed E-state index contributed by atoms with van der Waals surface area (Å²) >= 11 is 0.